The highest BCUT2D eigenvalue weighted by Crippen LogP contribution is 2.27. The molecule has 1 N–H and O–H groups in total. The minimum Gasteiger partial charge on any atom is -0.345 e. The minimum absolute atomic E-state index is 0.00516. The Bertz CT molecular complexity index is 1040. The van der Waals surface area contributed by atoms with Crippen LogP contribution in [0.2, 0.25) is 0 Å². The molecule has 1 saturated heterocycles. The van der Waals surface area contributed by atoms with E-state index in [1.807, 2.05) is 36.9 Å². The molecular formula is C19H24N6O2. The van der Waals surface area contributed by atoms with Crippen LogP contribution < -0.4 is 5.69 Å². The van der Waals surface area contributed by atoms with Gasteiger partial charge < -0.3 is 9.88 Å². The number of carbonyl (C=O) groups is 1. The number of hydrogen-bond acceptors (Lipinski definition) is 4. The summed E-state index contributed by atoms with van der Waals surface area (Å²) in [6.45, 7) is 5.26. The summed E-state index contributed by atoms with van der Waals surface area (Å²) in [4.78, 5) is 34.5. The number of benzene rings is 1. The van der Waals surface area contributed by atoms with Gasteiger partial charge in [-0.1, -0.05) is 0 Å². The van der Waals surface area contributed by atoms with Gasteiger partial charge in [0, 0.05) is 37.7 Å². The summed E-state index contributed by atoms with van der Waals surface area (Å²) in [5, 5.41) is 4.47. The maximum absolute atomic E-state index is 13.0. The van der Waals surface area contributed by atoms with Gasteiger partial charge in [-0.2, -0.15) is 5.10 Å². The molecule has 3 aromatic rings. The molecule has 0 radical (unpaired) electrons. The highest BCUT2D eigenvalue weighted by atomic mass is 16.2. The largest absolute Gasteiger partial charge is 0.345 e. The van der Waals surface area contributed by atoms with Crippen LogP contribution in [0.4, 0.5) is 0 Å². The van der Waals surface area contributed by atoms with Gasteiger partial charge in [0.15, 0.2) is 0 Å². The second kappa shape index (κ2) is 6.68. The lowest BCUT2D eigenvalue weighted by atomic mass is 9.96. The van der Waals surface area contributed by atoms with Crippen molar-refractivity contribution < 1.29 is 4.79 Å². The van der Waals surface area contributed by atoms with Crippen molar-refractivity contribution in [3.63, 3.8) is 0 Å². The number of aryl methyl sites for hydroxylation is 1. The fourth-order valence-corrected chi connectivity index (χ4v) is 3.89. The average Bonchev–Trinajstić information content (AvgIpc) is 3.25. The van der Waals surface area contributed by atoms with E-state index in [9.17, 15) is 9.59 Å². The minimum atomic E-state index is -0.104. The van der Waals surface area contributed by atoms with E-state index in [4.69, 9.17) is 0 Å². The Labute approximate surface area is 156 Å². The lowest BCUT2D eigenvalue weighted by molar-refractivity contribution is 0.0703. The molecule has 0 saturated carbocycles. The molecule has 1 aliphatic heterocycles. The summed E-state index contributed by atoms with van der Waals surface area (Å²) in [6.07, 6.45) is 3.44. The second-order valence-electron chi connectivity index (χ2n) is 7.45. The summed E-state index contributed by atoms with van der Waals surface area (Å²) >= 11 is 0. The maximum atomic E-state index is 13.0. The Balaban J connectivity index is 1.60. The number of fused-ring (bicyclic) bond motifs is 1. The van der Waals surface area contributed by atoms with E-state index in [0.29, 0.717) is 12.1 Å². The number of aromatic amines is 1. The number of nitrogens with zero attached hydrogens (tertiary/aromatic N) is 5. The Morgan fingerprint density at radius 3 is 2.93 bits per heavy atom. The molecule has 1 amide bonds. The van der Waals surface area contributed by atoms with Crippen LogP contribution in [0.25, 0.3) is 11.0 Å². The summed E-state index contributed by atoms with van der Waals surface area (Å²) in [5.74, 6) is 0.847. The van der Waals surface area contributed by atoms with Crippen LogP contribution in [0.1, 0.15) is 54.8 Å². The lowest BCUT2D eigenvalue weighted by Gasteiger charge is -2.32. The smallest absolute Gasteiger partial charge is 0.345 e. The first-order valence-electron chi connectivity index (χ1n) is 9.33. The van der Waals surface area contributed by atoms with E-state index in [1.165, 1.54) is 4.68 Å². The van der Waals surface area contributed by atoms with Gasteiger partial charge in [-0.15, -0.1) is 0 Å². The molecule has 0 spiro atoms. The molecule has 0 aliphatic carbocycles. The molecule has 142 valence electrons. The summed E-state index contributed by atoms with van der Waals surface area (Å²) < 4.78 is 3.14. The van der Waals surface area contributed by atoms with Crippen LogP contribution in [0.15, 0.2) is 29.3 Å². The van der Waals surface area contributed by atoms with Gasteiger partial charge >= 0.3 is 5.69 Å². The number of rotatable bonds is 3. The topological polar surface area (TPSA) is 88.8 Å². The first-order chi connectivity index (χ1) is 13.0. The molecule has 1 unspecified atom stereocenters. The van der Waals surface area contributed by atoms with Gasteiger partial charge in [-0.05, 0) is 44.9 Å². The van der Waals surface area contributed by atoms with Gasteiger partial charge in [0.1, 0.15) is 5.82 Å². The van der Waals surface area contributed by atoms with Gasteiger partial charge in [0.05, 0.1) is 17.4 Å². The number of H-pyrrole nitrogens is 1. The van der Waals surface area contributed by atoms with Crippen LogP contribution in [0.5, 0.6) is 0 Å². The van der Waals surface area contributed by atoms with Crippen LogP contribution in [0, 0.1) is 0 Å². The second-order valence-corrected chi connectivity index (χ2v) is 7.45. The van der Waals surface area contributed by atoms with Crippen molar-refractivity contribution in [3.05, 3.63) is 46.4 Å². The average molecular weight is 368 g/mol. The van der Waals surface area contributed by atoms with Crippen LogP contribution >= 0.6 is 0 Å². The van der Waals surface area contributed by atoms with E-state index in [0.717, 1.165) is 36.2 Å². The molecule has 1 atom stereocenters. The van der Waals surface area contributed by atoms with Crippen LogP contribution in [-0.4, -0.2) is 48.2 Å². The van der Waals surface area contributed by atoms with Gasteiger partial charge in [-0.25, -0.2) is 14.5 Å². The molecule has 27 heavy (non-hydrogen) atoms. The standard InChI is InChI=1S/C19H24N6O2/c1-12(2)25-17(22-23(3)19(25)27)14-5-4-8-24(10-14)18(26)13-6-7-15-16(9-13)21-11-20-15/h6-7,9,11-12,14H,4-5,8,10H2,1-3H3,(H,20,21). The van der Waals surface area contributed by atoms with Crippen LogP contribution in [-0.2, 0) is 7.05 Å². The normalized spacial score (nSPS) is 17.8. The van der Waals surface area contributed by atoms with Crippen molar-refractivity contribution in [1.82, 2.24) is 29.2 Å². The highest BCUT2D eigenvalue weighted by molar-refractivity contribution is 5.97. The number of piperidine rings is 1. The van der Waals surface area contributed by atoms with E-state index in [-0.39, 0.29) is 23.6 Å². The van der Waals surface area contributed by atoms with E-state index in [2.05, 4.69) is 15.1 Å². The number of aromatic nitrogens is 5. The molecule has 1 aliphatic rings. The number of nitrogens with one attached hydrogen (secondary N) is 1. The van der Waals surface area contributed by atoms with Crippen molar-refractivity contribution >= 4 is 16.9 Å². The number of hydrogen-bond donors (Lipinski definition) is 1. The van der Waals surface area contributed by atoms with E-state index in [1.54, 1.807) is 17.9 Å². The number of likely N-dealkylation sites (tertiary alicyclic amines) is 1. The van der Waals surface area contributed by atoms with Crippen molar-refractivity contribution in [2.24, 2.45) is 7.05 Å². The van der Waals surface area contributed by atoms with Gasteiger partial charge in [-0.3, -0.25) is 9.36 Å². The third-order valence-corrected chi connectivity index (χ3v) is 5.24. The Morgan fingerprint density at radius 1 is 1.33 bits per heavy atom. The highest BCUT2D eigenvalue weighted by Gasteiger charge is 2.30. The van der Waals surface area contributed by atoms with Crippen molar-refractivity contribution in [2.45, 2.75) is 38.6 Å². The lowest BCUT2D eigenvalue weighted by Crippen LogP contribution is -2.40. The molecular weight excluding hydrogens is 344 g/mol. The summed E-state index contributed by atoms with van der Waals surface area (Å²) in [6, 6.07) is 5.56. The molecule has 0 bridgehead atoms. The number of carbonyl (C=O) groups excluding carboxylic acids is 1. The molecule has 1 fully saturated rings. The molecule has 8 nitrogen and oxygen atoms in total. The molecule has 8 heteroatoms. The predicted molar refractivity (Wildman–Crippen MR) is 102 cm³/mol. The van der Waals surface area contributed by atoms with E-state index >= 15 is 0 Å². The maximum Gasteiger partial charge on any atom is 0.345 e. The van der Waals surface area contributed by atoms with Gasteiger partial charge in [0.25, 0.3) is 5.91 Å². The first-order valence-corrected chi connectivity index (χ1v) is 9.33. The SMILES string of the molecule is CC(C)n1c(C2CCCN(C(=O)c3ccc4nc[nH]c4c3)C2)nn(C)c1=O. The molecule has 2 aromatic heterocycles. The third kappa shape index (κ3) is 3.05. The van der Waals surface area contributed by atoms with Gasteiger partial charge in [0.2, 0.25) is 0 Å². The fourth-order valence-electron chi connectivity index (χ4n) is 3.89. The van der Waals surface area contributed by atoms with Crippen molar-refractivity contribution in [2.75, 3.05) is 13.1 Å². The molecule has 1 aromatic carbocycles. The zero-order valence-electron chi connectivity index (χ0n) is 15.8. The Hall–Kier alpha value is -2.90. The molecule has 4 rings (SSSR count). The van der Waals surface area contributed by atoms with Crippen LogP contribution in [0.3, 0.4) is 0 Å². The predicted octanol–water partition coefficient (Wildman–Crippen LogP) is 2.06. The zero-order valence-corrected chi connectivity index (χ0v) is 15.8. The van der Waals surface area contributed by atoms with E-state index < -0.39 is 0 Å². The summed E-state index contributed by atoms with van der Waals surface area (Å²) in [7, 11) is 1.68. The quantitative estimate of drug-likeness (QED) is 0.766. The first kappa shape index (κ1) is 17.5. The summed E-state index contributed by atoms with van der Waals surface area (Å²) in [5.41, 5.74) is 2.24. The Kier molecular flexibility index (Phi) is 4.33. The fraction of sp³-hybridized carbons (Fsp3) is 0.474. The monoisotopic (exact) mass is 368 g/mol. The third-order valence-electron chi connectivity index (χ3n) is 5.24. The number of imidazole rings is 1. The Morgan fingerprint density at radius 2 is 2.15 bits per heavy atom. The van der Waals surface area contributed by atoms with Crippen molar-refractivity contribution in [3.8, 4) is 0 Å². The molecule has 3 heterocycles. The number of amides is 1. The zero-order chi connectivity index (χ0) is 19.1. The van der Waals surface area contributed by atoms with Crippen molar-refractivity contribution in [1.29, 1.82) is 0 Å².